The van der Waals surface area contributed by atoms with E-state index in [0.717, 1.165) is 35.5 Å². The Balaban J connectivity index is 1.74. The molecule has 0 N–H and O–H groups in total. The number of ketones is 1. The number of rotatable bonds is 1. The molecule has 3 saturated carbocycles. The van der Waals surface area contributed by atoms with Crippen molar-refractivity contribution >= 4 is 5.78 Å². The summed E-state index contributed by atoms with van der Waals surface area (Å²) in [6.07, 6.45) is 7.69. The van der Waals surface area contributed by atoms with Gasteiger partial charge in [0.05, 0.1) is 0 Å². The third-order valence-corrected chi connectivity index (χ3v) is 6.29. The van der Waals surface area contributed by atoms with Crippen molar-refractivity contribution in [2.75, 3.05) is 0 Å². The molecule has 4 rings (SSSR count). The Hall–Kier alpha value is -0.590. The van der Waals surface area contributed by atoms with E-state index in [-0.39, 0.29) is 0 Å². The molecule has 1 heteroatoms. The molecule has 0 spiro atoms. The van der Waals surface area contributed by atoms with Crippen LogP contribution in [0.4, 0.5) is 0 Å². The van der Waals surface area contributed by atoms with Crippen LogP contribution in [-0.4, -0.2) is 5.78 Å². The Bertz CT molecular complexity index is 383. The monoisotopic (exact) mass is 216 g/mol. The second kappa shape index (κ2) is 2.80. The molecule has 1 nitrogen and oxygen atoms in total. The number of Topliss-reactive ketones (excluding diaryl/α,β-unsaturated/α-hetero) is 1. The summed E-state index contributed by atoms with van der Waals surface area (Å²) in [7, 11) is 0. The standard InChI is InChI=1S/C15H20O/c1-7-11-6-12(13(7)8(2)16)15-10-4-3-9(5-10)14(11)15/h3-4,7,9-15H,5-6H2,1-2H3. The fraction of sp³-hybridized carbons (Fsp3) is 0.800. The van der Waals surface area contributed by atoms with Crippen molar-refractivity contribution in [3.63, 3.8) is 0 Å². The number of hydrogen-bond acceptors (Lipinski definition) is 1. The van der Waals surface area contributed by atoms with Crippen LogP contribution in [0, 0.1) is 47.3 Å². The van der Waals surface area contributed by atoms with Gasteiger partial charge in [-0.25, -0.2) is 0 Å². The van der Waals surface area contributed by atoms with Crippen molar-refractivity contribution in [3.8, 4) is 0 Å². The lowest BCUT2D eigenvalue weighted by atomic mass is 9.64. The topological polar surface area (TPSA) is 17.1 Å². The maximum atomic E-state index is 11.8. The predicted octanol–water partition coefficient (Wildman–Crippen LogP) is 2.92. The zero-order valence-electron chi connectivity index (χ0n) is 10.1. The van der Waals surface area contributed by atoms with Crippen LogP contribution < -0.4 is 0 Å². The number of allylic oxidation sites excluding steroid dienone is 2. The molecule has 4 aliphatic carbocycles. The minimum Gasteiger partial charge on any atom is -0.300 e. The SMILES string of the molecule is CC(=O)C1C(C)C2CC1C1C3C=CC(C3)C21. The van der Waals surface area contributed by atoms with Crippen LogP contribution >= 0.6 is 0 Å². The van der Waals surface area contributed by atoms with E-state index >= 15 is 0 Å². The summed E-state index contributed by atoms with van der Waals surface area (Å²) in [5.74, 6) is 6.67. The Morgan fingerprint density at radius 1 is 1.06 bits per heavy atom. The number of fused-ring (bicyclic) bond motifs is 9. The summed E-state index contributed by atoms with van der Waals surface area (Å²) in [4.78, 5) is 11.8. The first-order chi connectivity index (χ1) is 7.68. The minimum atomic E-state index is 0.402. The average Bonchev–Trinajstić information content (AvgIpc) is 2.92. The van der Waals surface area contributed by atoms with Gasteiger partial charge in [0.1, 0.15) is 5.78 Å². The van der Waals surface area contributed by atoms with Gasteiger partial charge in [-0.05, 0) is 61.2 Å². The molecule has 8 atom stereocenters. The number of carbonyl (C=O) groups excluding carboxylic acids is 1. The molecule has 0 aromatic heterocycles. The van der Waals surface area contributed by atoms with E-state index < -0.39 is 0 Å². The normalized spacial score (nSPS) is 60.6. The lowest BCUT2D eigenvalue weighted by Crippen LogP contribution is -2.38. The Morgan fingerprint density at radius 3 is 2.31 bits per heavy atom. The van der Waals surface area contributed by atoms with E-state index in [4.69, 9.17) is 0 Å². The summed E-state index contributed by atoms with van der Waals surface area (Å²) in [6.45, 7) is 4.16. The van der Waals surface area contributed by atoms with Crippen molar-refractivity contribution in [3.05, 3.63) is 12.2 Å². The van der Waals surface area contributed by atoms with E-state index in [1.807, 2.05) is 6.92 Å². The van der Waals surface area contributed by atoms with E-state index in [9.17, 15) is 4.79 Å². The molecular weight excluding hydrogens is 196 g/mol. The van der Waals surface area contributed by atoms with E-state index in [1.54, 1.807) is 0 Å². The van der Waals surface area contributed by atoms with Gasteiger partial charge in [-0.1, -0.05) is 19.1 Å². The van der Waals surface area contributed by atoms with Gasteiger partial charge in [0.2, 0.25) is 0 Å². The summed E-state index contributed by atoms with van der Waals surface area (Å²) >= 11 is 0. The molecule has 4 aliphatic rings. The fourth-order valence-corrected chi connectivity index (χ4v) is 6.01. The highest BCUT2D eigenvalue weighted by molar-refractivity contribution is 5.79. The van der Waals surface area contributed by atoms with Gasteiger partial charge in [-0.2, -0.15) is 0 Å². The van der Waals surface area contributed by atoms with Crippen LogP contribution in [0.3, 0.4) is 0 Å². The molecule has 3 fully saturated rings. The molecule has 0 aromatic rings. The molecule has 0 aromatic carbocycles. The van der Waals surface area contributed by atoms with Gasteiger partial charge >= 0.3 is 0 Å². The van der Waals surface area contributed by atoms with Crippen molar-refractivity contribution in [2.24, 2.45) is 47.3 Å². The van der Waals surface area contributed by atoms with Gasteiger partial charge in [0.15, 0.2) is 0 Å². The van der Waals surface area contributed by atoms with Gasteiger partial charge < -0.3 is 0 Å². The van der Waals surface area contributed by atoms with E-state index in [1.165, 1.54) is 12.8 Å². The second-order valence-electron chi connectivity index (χ2n) is 6.66. The van der Waals surface area contributed by atoms with Crippen LogP contribution in [0.2, 0.25) is 0 Å². The Kier molecular flexibility index (Phi) is 1.65. The van der Waals surface area contributed by atoms with Crippen molar-refractivity contribution < 1.29 is 4.79 Å². The summed E-state index contributed by atoms with van der Waals surface area (Å²) < 4.78 is 0. The highest BCUT2D eigenvalue weighted by Gasteiger charge is 2.64. The van der Waals surface area contributed by atoms with Crippen LogP contribution in [0.1, 0.15) is 26.7 Å². The zero-order valence-corrected chi connectivity index (χ0v) is 10.1. The van der Waals surface area contributed by atoms with Gasteiger partial charge in [0.25, 0.3) is 0 Å². The molecule has 0 saturated heterocycles. The third kappa shape index (κ3) is 0.881. The first kappa shape index (κ1) is 9.44. The van der Waals surface area contributed by atoms with Crippen LogP contribution in [0.5, 0.6) is 0 Å². The molecule has 0 heterocycles. The molecule has 86 valence electrons. The maximum absolute atomic E-state index is 11.8. The summed E-state index contributed by atoms with van der Waals surface area (Å²) in [5, 5.41) is 0. The van der Waals surface area contributed by atoms with Gasteiger partial charge in [-0.15, -0.1) is 0 Å². The summed E-state index contributed by atoms with van der Waals surface area (Å²) in [5.41, 5.74) is 0. The highest BCUT2D eigenvalue weighted by atomic mass is 16.1. The summed E-state index contributed by atoms with van der Waals surface area (Å²) in [6, 6.07) is 0. The molecule has 8 unspecified atom stereocenters. The molecule has 4 bridgehead atoms. The van der Waals surface area contributed by atoms with Crippen LogP contribution in [0.25, 0.3) is 0 Å². The maximum Gasteiger partial charge on any atom is 0.133 e. The molecule has 0 radical (unpaired) electrons. The minimum absolute atomic E-state index is 0.402. The first-order valence-electron chi connectivity index (χ1n) is 6.87. The largest absolute Gasteiger partial charge is 0.300 e. The fourth-order valence-electron chi connectivity index (χ4n) is 6.01. The Morgan fingerprint density at radius 2 is 1.69 bits per heavy atom. The average molecular weight is 216 g/mol. The van der Waals surface area contributed by atoms with Crippen LogP contribution in [0.15, 0.2) is 12.2 Å². The second-order valence-corrected chi connectivity index (χ2v) is 6.66. The van der Waals surface area contributed by atoms with Gasteiger partial charge in [-0.3, -0.25) is 4.79 Å². The highest BCUT2D eigenvalue weighted by Crippen LogP contribution is 2.68. The van der Waals surface area contributed by atoms with E-state index in [2.05, 4.69) is 19.1 Å². The molecule has 0 amide bonds. The smallest absolute Gasteiger partial charge is 0.133 e. The van der Waals surface area contributed by atoms with Crippen molar-refractivity contribution in [1.29, 1.82) is 0 Å². The predicted molar refractivity (Wildman–Crippen MR) is 62.6 cm³/mol. The molecule has 0 aliphatic heterocycles. The molecule has 16 heavy (non-hydrogen) atoms. The van der Waals surface area contributed by atoms with Gasteiger partial charge in [0, 0.05) is 5.92 Å². The van der Waals surface area contributed by atoms with Crippen molar-refractivity contribution in [2.45, 2.75) is 26.7 Å². The quantitative estimate of drug-likeness (QED) is 0.486. The molecular formula is C15H20O. The van der Waals surface area contributed by atoms with Crippen molar-refractivity contribution in [1.82, 2.24) is 0 Å². The lowest BCUT2D eigenvalue weighted by molar-refractivity contribution is -0.125. The number of hydrogen-bond donors (Lipinski definition) is 0. The van der Waals surface area contributed by atoms with Crippen LogP contribution in [-0.2, 0) is 4.79 Å². The number of carbonyl (C=O) groups is 1. The Labute approximate surface area is 97.3 Å². The van der Waals surface area contributed by atoms with E-state index in [0.29, 0.717) is 17.6 Å². The first-order valence-corrected chi connectivity index (χ1v) is 6.87. The lowest BCUT2D eigenvalue weighted by Gasteiger charge is -2.39. The third-order valence-electron chi connectivity index (χ3n) is 6.29. The zero-order chi connectivity index (χ0) is 11.0.